The van der Waals surface area contributed by atoms with Crippen molar-refractivity contribution in [1.82, 2.24) is 9.97 Å². The highest BCUT2D eigenvalue weighted by molar-refractivity contribution is 9.11. The second-order valence-electron chi connectivity index (χ2n) is 3.43. The topological polar surface area (TPSA) is 73.6 Å². The average Bonchev–Trinajstić information content (AvgIpc) is 2.71. The zero-order chi connectivity index (χ0) is 13.0. The third-order valence-electron chi connectivity index (χ3n) is 2.01. The molecule has 0 amide bonds. The molecule has 7 heteroatoms. The van der Waals surface area contributed by atoms with Crippen LogP contribution in [0.4, 0.5) is 16.6 Å². The maximum Gasteiger partial charge on any atom is 0.136 e. The van der Waals surface area contributed by atoms with Crippen molar-refractivity contribution in [3.63, 3.8) is 0 Å². The van der Waals surface area contributed by atoms with E-state index in [9.17, 15) is 0 Å². The Morgan fingerprint density at radius 1 is 1.39 bits per heavy atom. The van der Waals surface area contributed by atoms with E-state index in [1.165, 1.54) is 0 Å². The van der Waals surface area contributed by atoms with Gasteiger partial charge in [0, 0.05) is 6.07 Å². The van der Waals surface area contributed by atoms with Crippen LogP contribution in [0.3, 0.4) is 0 Å². The van der Waals surface area contributed by atoms with Gasteiger partial charge in [0.1, 0.15) is 24.0 Å². The molecule has 2 aromatic rings. The van der Waals surface area contributed by atoms with Gasteiger partial charge in [-0.05, 0) is 35.0 Å². The molecule has 2 heterocycles. The van der Waals surface area contributed by atoms with Crippen LogP contribution in [0.15, 0.2) is 22.0 Å². The van der Waals surface area contributed by atoms with E-state index in [4.69, 9.17) is 5.26 Å². The molecule has 0 aliphatic rings. The van der Waals surface area contributed by atoms with Crippen molar-refractivity contribution in [3.05, 3.63) is 27.8 Å². The van der Waals surface area contributed by atoms with Crippen LogP contribution in [-0.2, 0) is 0 Å². The Balaban J connectivity index is 2.17. The molecule has 2 rings (SSSR count). The Bertz CT molecular complexity index is 589. The first kappa shape index (κ1) is 12.8. The largest absolute Gasteiger partial charge is 0.357 e. The molecule has 18 heavy (non-hydrogen) atoms. The molecule has 5 nitrogen and oxygen atoms in total. The number of anilines is 3. The zero-order valence-electron chi connectivity index (χ0n) is 9.57. The van der Waals surface area contributed by atoms with Crippen molar-refractivity contribution in [2.75, 3.05) is 17.2 Å². The lowest BCUT2D eigenvalue weighted by Crippen LogP contribution is -2.04. The molecule has 0 radical (unpaired) electrons. The molecule has 0 unspecified atom stereocenters. The monoisotopic (exact) mass is 323 g/mol. The Kier molecular flexibility index (Phi) is 4.12. The third kappa shape index (κ3) is 3.42. The quantitative estimate of drug-likeness (QED) is 0.844. The first-order valence-electron chi connectivity index (χ1n) is 5.16. The Hall–Kier alpha value is -1.65. The van der Waals surface area contributed by atoms with Crippen LogP contribution < -0.4 is 10.6 Å². The second kappa shape index (κ2) is 5.80. The molecule has 0 aliphatic carbocycles. The fourth-order valence-electron chi connectivity index (χ4n) is 1.36. The van der Waals surface area contributed by atoms with E-state index < -0.39 is 0 Å². The Morgan fingerprint density at radius 2 is 2.17 bits per heavy atom. The van der Waals surface area contributed by atoms with E-state index >= 15 is 0 Å². The van der Waals surface area contributed by atoms with Gasteiger partial charge in [0.25, 0.3) is 0 Å². The van der Waals surface area contributed by atoms with E-state index in [0.717, 1.165) is 8.79 Å². The van der Waals surface area contributed by atoms with Gasteiger partial charge in [-0.2, -0.15) is 5.26 Å². The molecule has 0 saturated heterocycles. The van der Waals surface area contributed by atoms with Crippen LogP contribution in [-0.4, -0.2) is 16.5 Å². The van der Waals surface area contributed by atoms with Crippen molar-refractivity contribution in [2.45, 2.75) is 6.92 Å². The standard InChI is InChI=1S/C11H10BrN5S/c1-7-15-9(14-5-4-13)6-10(16-7)17-11-3-2-8(12)18-11/h2-3,6H,5H2,1H3,(H2,14,15,16,17). The summed E-state index contributed by atoms with van der Waals surface area (Å²) >= 11 is 4.99. The van der Waals surface area contributed by atoms with Crippen LogP contribution in [0.1, 0.15) is 5.82 Å². The highest BCUT2D eigenvalue weighted by Gasteiger charge is 2.03. The van der Waals surface area contributed by atoms with Gasteiger partial charge < -0.3 is 10.6 Å². The molecule has 0 fully saturated rings. The highest BCUT2D eigenvalue weighted by Crippen LogP contribution is 2.29. The number of aromatic nitrogens is 2. The van der Waals surface area contributed by atoms with Crippen LogP contribution in [0, 0.1) is 18.3 Å². The third-order valence-corrected chi connectivity index (χ3v) is 3.55. The zero-order valence-corrected chi connectivity index (χ0v) is 12.0. The van der Waals surface area contributed by atoms with Crippen molar-refractivity contribution >= 4 is 43.9 Å². The number of nitriles is 1. The van der Waals surface area contributed by atoms with E-state index in [1.807, 2.05) is 25.1 Å². The predicted molar refractivity (Wildman–Crippen MR) is 76.2 cm³/mol. The maximum atomic E-state index is 8.53. The first-order chi connectivity index (χ1) is 8.67. The van der Waals surface area contributed by atoms with E-state index in [0.29, 0.717) is 17.5 Å². The molecule has 2 N–H and O–H groups in total. The summed E-state index contributed by atoms with van der Waals surface area (Å²) in [6.45, 7) is 2.04. The lowest BCUT2D eigenvalue weighted by atomic mass is 10.4. The van der Waals surface area contributed by atoms with Crippen molar-refractivity contribution in [2.24, 2.45) is 0 Å². The number of thiophene rings is 1. The molecule has 0 spiro atoms. The molecule has 92 valence electrons. The summed E-state index contributed by atoms with van der Waals surface area (Å²) in [4.78, 5) is 8.49. The van der Waals surface area contributed by atoms with Crippen molar-refractivity contribution in [3.8, 4) is 6.07 Å². The second-order valence-corrected chi connectivity index (χ2v) is 5.89. The fraction of sp³-hybridized carbons (Fsp3) is 0.182. The summed E-state index contributed by atoms with van der Waals surface area (Å²) < 4.78 is 1.05. The number of rotatable bonds is 4. The summed E-state index contributed by atoms with van der Waals surface area (Å²) in [6.07, 6.45) is 0. The molecule has 0 saturated carbocycles. The average molecular weight is 324 g/mol. The smallest absolute Gasteiger partial charge is 0.136 e. The SMILES string of the molecule is Cc1nc(NCC#N)cc(Nc2ccc(Br)s2)n1. The van der Waals surface area contributed by atoms with Crippen LogP contribution in [0.5, 0.6) is 0 Å². The van der Waals surface area contributed by atoms with Gasteiger partial charge in [-0.25, -0.2) is 9.97 Å². The number of aryl methyl sites for hydroxylation is 1. The number of hydrogen-bond acceptors (Lipinski definition) is 6. The summed E-state index contributed by atoms with van der Waals surface area (Å²) in [5, 5.41) is 15.6. The lowest BCUT2D eigenvalue weighted by Gasteiger charge is -2.07. The van der Waals surface area contributed by atoms with E-state index in [2.05, 4.69) is 36.5 Å². The Morgan fingerprint density at radius 3 is 2.83 bits per heavy atom. The predicted octanol–water partition coefficient (Wildman–Crippen LogP) is 3.29. The summed E-state index contributed by atoms with van der Waals surface area (Å²) in [5.41, 5.74) is 0. The first-order valence-corrected chi connectivity index (χ1v) is 6.77. The van der Waals surface area contributed by atoms with Gasteiger partial charge in [0.2, 0.25) is 0 Å². The minimum absolute atomic E-state index is 0.223. The van der Waals surface area contributed by atoms with E-state index in [-0.39, 0.29) is 6.54 Å². The fourth-order valence-corrected chi connectivity index (χ4v) is 2.65. The minimum Gasteiger partial charge on any atom is -0.357 e. The molecule has 0 bridgehead atoms. The summed E-state index contributed by atoms with van der Waals surface area (Å²) in [5.74, 6) is 2.00. The summed E-state index contributed by atoms with van der Waals surface area (Å²) in [7, 11) is 0. The van der Waals surface area contributed by atoms with E-state index in [1.54, 1.807) is 17.4 Å². The van der Waals surface area contributed by atoms with Gasteiger partial charge in [0.15, 0.2) is 0 Å². The van der Waals surface area contributed by atoms with Gasteiger partial charge >= 0.3 is 0 Å². The molecular formula is C11H10BrN5S. The normalized spacial score (nSPS) is 9.83. The van der Waals surface area contributed by atoms with Crippen LogP contribution in [0.2, 0.25) is 0 Å². The molecule has 2 aromatic heterocycles. The summed E-state index contributed by atoms with van der Waals surface area (Å²) in [6, 6.07) is 7.72. The minimum atomic E-state index is 0.223. The molecular weight excluding hydrogens is 314 g/mol. The Labute approximate surface area is 117 Å². The maximum absolute atomic E-state index is 8.53. The van der Waals surface area contributed by atoms with Crippen molar-refractivity contribution in [1.29, 1.82) is 5.26 Å². The van der Waals surface area contributed by atoms with Gasteiger partial charge in [-0.3, -0.25) is 0 Å². The lowest BCUT2D eigenvalue weighted by molar-refractivity contribution is 1.05. The van der Waals surface area contributed by atoms with Crippen LogP contribution in [0.25, 0.3) is 0 Å². The van der Waals surface area contributed by atoms with Gasteiger partial charge in [-0.1, -0.05) is 0 Å². The molecule has 0 aromatic carbocycles. The van der Waals surface area contributed by atoms with Crippen molar-refractivity contribution < 1.29 is 0 Å². The number of nitrogens with zero attached hydrogens (tertiary/aromatic N) is 3. The van der Waals surface area contributed by atoms with Crippen LogP contribution >= 0.6 is 27.3 Å². The number of halogens is 1. The van der Waals surface area contributed by atoms with Gasteiger partial charge in [-0.15, -0.1) is 11.3 Å². The number of hydrogen-bond donors (Lipinski definition) is 2. The number of nitrogens with one attached hydrogen (secondary N) is 2. The van der Waals surface area contributed by atoms with Gasteiger partial charge in [0.05, 0.1) is 14.9 Å². The molecule has 0 atom stereocenters. The molecule has 0 aliphatic heterocycles. The highest BCUT2D eigenvalue weighted by atomic mass is 79.9.